The van der Waals surface area contributed by atoms with E-state index >= 15 is 0 Å². The standard InChI is InChI=1S/C16H14N4O2S/c21-15(20-9-12(10-20)22-16-17-6-7-23-16)14-8-13(18-19-14)11-4-2-1-3-5-11/h1-8,12H,9-10H2,(H,18,19). The molecule has 1 amide bonds. The number of aromatic nitrogens is 3. The molecule has 3 heterocycles. The lowest BCUT2D eigenvalue weighted by Gasteiger charge is -2.37. The van der Waals surface area contributed by atoms with Gasteiger partial charge in [0.1, 0.15) is 11.8 Å². The minimum absolute atomic E-state index is 0.0154. The van der Waals surface area contributed by atoms with Crippen LogP contribution in [0.15, 0.2) is 48.0 Å². The quantitative estimate of drug-likeness (QED) is 0.799. The Kier molecular flexibility index (Phi) is 3.55. The second-order valence-corrected chi connectivity index (χ2v) is 6.14. The van der Waals surface area contributed by atoms with Gasteiger partial charge in [-0.3, -0.25) is 9.89 Å². The molecule has 1 fully saturated rings. The summed E-state index contributed by atoms with van der Waals surface area (Å²) in [6.45, 7) is 1.14. The van der Waals surface area contributed by atoms with E-state index in [2.05, 4.69) is 15.2 Å². The number of likely N-dealkylation sites (tertiary alicyclic amines) is 1. The minimum atomic E-state index is -0.0568. The summed E-state index contributed by atoms with van der Waals surface area (Å²) in [5.74, 6) is -0.0568. The number of carbonyl (C=O) groups is 1. The van der Waals surface area contributed by atoms with Crippen LogP contribution < -0.4 is 4.74 Å². The molecule has 1 N–H and O–H groups in total. The lowest BCUT2D eigenvalue weighted by atomic mass is 10.1. The van der Waals surface area contributed by atoms with Crippen molar-refractivity contribution < 1.29 is 9.53 Å². The Morgan fingerprint density at radius 1 is 1.30 bits per heavy atom. The van der Waals surface area contributed by atoms with Gasteiger partial charge in [0, 0.05) is 17.1 Å². The van der Waals surface area contributed by atoms with Crippen molar-refractivity contribution in [3.8, 4) is 16.5 Å². The van der Waals surface area contributed by atoms with E-state index in [1.165, 1.54) is 11.3 Å². The van der Waals surface area contributed by atoms with E-state index in [1.807, 2.05) is 35.7 Å². The third kappa shape index (κ3) is 2.83. The minimum Gasteiger partial charge on any atom is -0.463 e. The van der Waals surface area contributed by atoms with Crippen LogP contribution in [-0.2, 0) is 0 Å². The van der Waals surface area contributed by atoms with Crippen molar-refractivity contribution in [2.45, 2.75) is 6.10 Å². The van der Waals surface area contributed by atoms with Gasteiger partial charge < -0.3 is 9.64 Å². The fourth-order valence-corrected chi connectivity index (χ4v) is 3.00. The van der Waals surface area contributed by atoms with E-state index in [1.54, 1.807) is 17.2 Å². The highest BCUT2D eigenvalue weighted by atomic mass is 32.1. The van der Waals surface area contributed by atoms with Crippen LogP contribution in [0.5, 0.6) is 5.19 Å². The van der Waals surface area contributed by atoms with Gasteiger partial charge in [0.25, 0.3) is 11.1 Å². The Morgan fingerprint density at radius 3 is 2.87 bits per heavy atom. The number of amides is 1. The first kappa shape index (κ1) is 14.0. The van der Waals surface area contributed by atoms with E-state index in [-0.39, 0.29) is 12.0 Å². The Balaban J connectivity index is 1.38. The van der Waals surface area contributed by atoms with Gasteiger partial charge in [-0.25, -0.2) is 4.98 Å². The van der Waals surface area contributed by atoms with Crippen LogP contribution in [0.2, 0.25) is 0 Å². The van der Waals surface area contributed by atoms with Crippen LogP contribution in [0.1, 0.15) is 10.5 Å². The van der Waals surface area contributed by atoms with E-state index in [4.69, 9.17) is 4.74 Å². The van der Waals surface area contributed by atoms with Crippen LogP contribution in [-0.4, -0.2) is 45.2 Å². The lowest BCUT2D eigenvalue weighted by Crippen LogP contribution is -2.56. The van der Waals surface area contributed by atoms with Gasteiger partial charge in [-0.1, -0.05) is 41.7 Å². The topological polar surface area (TPSA) is 71.1 Å². The van der Waals surface area contributed by atoms with E-state index < -0.39 is 0 Å². The van der Waals surface area contributed by atoms with Crippen LogP contribution >= 0.6 is 11.3 Å². The lowest BCUT2D eigenvalue weighted by molar-refractivity contribution is 0.0172. The van der Waals surface area contributed by atoms with Crippen molar-refractivity contribution in [2.75, 3.05) is 13.1 Å². The van der Waals surface area contributed by atoms with Gasteiger partial charge in [0.15, 0.2) is 0 Å². The molecule has 0 atom stereocenters. The van der Waals surface area contributed by atoms with Crippen LogP contribution in [0.25, 0.3) is 11.3 Å². The molecule has 1 aliphatic heterocycles. The normalized spacial score (nSPS) is 14.5. The van der Waals surface area contributed by atoms with E-state index in [9.17, 15) is 4.79 Å². The molecule has 1 aliphatic rings. The maximum absolute atomic E-state index is 12.4. The van der Waals surface area contributed by atoms with Gasteiger partial charge >= 0.3 is 0 Å². The van der Waals surface area contributed by atoms with Crippen LogP contribution in [0.3, 0.4) is 0 Å². The zero-order valence-corrected chi connectivity index (χ0v) is 13.0. The SMILES string of the molecule is O=C(c1cc(-c2ccccc2)n[nH]1)N1CC(Oc2nccs2)C1. The highest BCUT2D eigenvalue weighted by molar-refractivity contribution is 7.11. The van der Waals surface area contributed by atoms with Crippen LogP contribution in [0, 0.1) is 0 Å². The molecule has 0 bridgehead atoms. The molecule has 1 aromatic carbocycles. The highest BCUT2D eigenvalue weighted by Crippen LogP contribution is 2.22. The molecule has 0 radical (unpaired) electrons. The summed E-state index contributed by atoms with van der Waals surface area (Å²) in [4.78, 5) is 18.2. The molecule has 0 aliphatic carbocycles. The Bertz CT molecular complexity index is 795. The maximum atomic E-state index is 12.4. The highest BCUT2D eigenvalue weighted by Gasteiger charge is 2.34. The summed E-state index contributed by atoms with van der Waals surface area (Å²) in [6, 6.07) is 11.6. The van der Waals surface area contributed by atoms with Crippen molar-refractivity contribution >= 4 is 17.2 Å². The molecule has 7 heteroatoms. The van der Waals surface area contributed by atoms with E-state index in [0.29, 0.717) is 24.0 Å². The number of ether oxygens (including phenoxy) is 1. The monoisotopic (exact) mass is 326 g/mol. The molecule has 116 valence electrons. The van der Waals surface area contributed by atoms with Crippen molar-refractivity contribution in [1.29, 1.82) is 0 Å². The molecular weight excluding hydrogens is 312 g/mol. The molecule has 6 nitrogen and oxygen atoms in total. The van der Waals surface area contributed by atoms with Crippen LogP contribution in [0.4, 0.5) is 0 Å². The number of H-pyrrole nitrogens is 1. The number of carbonyl (C=O) groups excluding carboxylic acids is 1. The van der Waals surface area contributed by atoms with Gasteiger partial charge in [-0.05, 0) is 6.07 Å². The first-order valence-corrected chi connectivity index (χ1v) is 8.14. The number of aromatic amines is 1. The van der Waals surface area contributed by atoms with Crippen molar-refractivity contribution in [2.24, 2.45) is 0 Å². The number of hydrogen-bond acceptors (Lipinski definition) is 5. The summed E-state index contributed by atoms with van der Waals surface area (Å²) in [5, 5.41) is 9.55. The second kappa shape index (κ2) is 5.85. The van der Waals surface area contributed by atoms with Gasteiger partial charge in [0.2, 0.25) is 0 Å². The summed E-state index contributed by atoms with van der Waals surface area (Å²) in [7, 11) is 0. The third-order valence-electron chi connectivity index (χ3n) is 3.69. The van der Waals surface area contributed by atoms with Crippen molar-refractivity contribution in [3.05, 3.63) is 53.7 Å². The van der Waals surface area contributed by atoms with Crippen molar-refractivity contribution in [3.63, 3.8) is 0 Å². The zero-order valence-electron chi connectivity index (χ0n) is 12.2. The Morgan fingerprint density at radius 2 is 2.13 bits per heavy atom. The third-order valence-corrected chi connectivity index (χ3v) is 4.35. The molecule has 0 saturated carbocycles. The summed E-state index contributed by atoms with van der Waals surface area (Å²) in [5.41, 5.74) is 2.25. The van der Waals surface area contributed by atoms with E-state index in [0.717, 1.165) is 11.3 Å². The van der Waals surface area contributed by atoms with Gasteiger partial charge in [0.05, 0.1) is 18.8 Å². The fourth-order valence-electron chi connectivity index (χ4n) is 2.45. The number of hydrogen-bond donors (Lipinski definition) is 1. The average Bonchev–Trinajstić information content (AvgIpc) is 3.22. The number of rotatable bonds is 4. The summed E-state index contributed by atoms with van der Waals surface area (Å²) >= 11 is 1.45. The second-order valence-electron chi connectivity index (χ2n) is 5.28. The number of thiazole rings is 1. The molecule has 1 saturated heterocycles. The number of nitrogens with zero attached hydrogens (tertiary/aromatic N) is 3. The molecular formula is C16H14N4O2S. The zero-order chi connectivity index (χ0) is 15.6. The number of nitrogens with one attached hydrogen (secondary N) is 1. The molecule has 0 spiro atoms. The summed E-state index contributed by atoms with van der Waals surface area (Å²) < 4.78 is 5.67. The fraction of sp³-hybridized carbons (Fsp3) is 0.188. The average molecular weight is 326 g/mol. The Hall–Kier alpha value is -2.67. The number of benzene rings is 1. The first-order valence-electron chi connectivity index (χ1n) is 7.26. The summed E-state index contributed by atoms with van der Waals surface area (Å²) in [6.07, 6.45) is 1.72. The largest absolute Gasteiger partial charge is 0.463 e. The predicted octanol–water partition coefficient (Wildman–Crippen LogP) is 2.44. The maximum Gasteiger partial charge on any atom is 0.273 e. The Labute approximate surface area is 136 Å². The first-order chi connectivity index (χ1) is 11.3. The smallest absolute Gasteiger partial charge is 0.273 e. The molecule has 3 aromatic rings. The molecule has 2 aromatic heterocycles. The van der Waals surface area contributed by atoms with Crippen molar-refractivity contribution in [1.82, 2.24) is 20.1 Å². The molecule has 4 rings (SSSR count). The van der Waals surface area contributed by atoms with Gasteiger partial charge in [-0.2, -0.15) is 5.10 Å². The molecule has 23 heavy (non-hydrogen) atoms. The predicted molar refractivity (Wildman–Crippen MR) is 86.5 cm³/mol. The molecule has 0 unspecified atom stereocenters. The van der Waals surface area contributed by atoms with Gasteiger partial charge in [-0.15, -0.1) is 0 Å².